The van der Waals surface area contributed by atoms with Crippen molar-refractivity contribution in [3.8, 4) is 0 Å². The van der Waals surface area contributed by atoms with Crippen molar-refractivity contribution in [1.82, 2.24) is 14.9 Å². The van der Waals surface area contributed by atoms with Crippen LogP contribution in [0.3, 0.4) is 0 Å². The van der Waals surface area contributed by atoms with E-state index in [4.69, 9.17) is 9.84 Å². The molecule has 8 heteroatoms. The molecule has 0 aliphatic heterocycles. The summed E-state index contributed by atoms with van der Waals surface area (Å²) in [5, 5.41) is 7.79. The van der Waals surface area contributed by atoms with Gasteiger partial charge in [0.25, 0.3) is 0 Å². The molecule has 2 N–H and O–H groups in total. The normalized spacial score (nSPS) is 8.86. The van der Waals surface area contributed by atoms with Crippen molar-refractivity contribution in [2.45, 2.75) is 41.5 Å². The van der Waals surface area contributed by atoms with Crippen LogP contribution in [-0.4, -0.2) is 74.7 Å². The zero-order valence-corrected chi connectivity index (χ0v) is 20.3. The van der Waals surface area contributed by atoms with E-state index >= 15 is 0 Å². The number of aliphatic imine (C=N–C) groups is 1. The Morgan fingerprint density at radius 1 is 1.10 bits per heavy atom. The number of aromatic amines is 1. The number of anilines is 1. The Kier molecular flexibility index (Phi) is 20.1. The number of esters is 1. The van der Waals surface area contributed by atoms with E-state index in [1.54, 1.807) is 17.4 Å². The van der Waals surface area contributed by atoms with Crippen LogP contribution in [0.5, 0.6) is 0 Å². The van der Waals surface area contributed by atoms with Crippen LogP contribution in [0.4, 0.5) is 11.4 Å². The molecule has 0 saturated heterocycles. The van der Waals surface area contributed by atoms with E-state index < -0.39 is 5.97 Å². The maximum atomic E-state index is 11.9. The summed E-state index contributed by atoms with van der Waals surface area (Å²) in [6.45, 7) is 12.0. The number of hydrogen-bond donors (Lipinski definition) is 2. The number of nitrogens with one attached hydrogen (secondary N) is 1. The Labute approximate surface area is 176 Å². The average Bonchev–Trinajstić information content (AvgIpc) is 3.15. The number of aliphatic hydroxyl groups excluding tert-OH is 1. The van der Waals surface area contributed by atoms with Gasteiger partial charge in [0.05, 0.1) is 24.5 Å². The van der Waals surface area contributed by atoms with Crippen molar-refractivity contribution in [1.29, 1.82) is 0 Å². The van der Waals surface area contributed by atoms with E-state index in [0.717, 1.165) is 18.2 Å². The van der Waals surface area contributed by atoms with Crippen LogP contribution in [0, 0.1) is 0 Å². The minimum absolute atomic E-state index is 0.299. The minimum atomic E-state index is -0.469. The van der Waals surface area contributed by atoms with Gasteiger partial charge in [-0.05, 0) is 6.07 Å². The lowest BCUT2D eigenvalue weighted by Gasteiger charge is -2.13. The second-order valence-electron chi connectivity index (χ2n) is 5.00. The van der Waals surface area contributed by atoms with Crippen molar-refractivity contribution in [2.75, 3.05) is 47.3 Å². The minimum Gasteiger partial charge on any atom is -0.464 e. The molecule has 0 atom stereocenters. The molecule has 2 aromatic rings. The lowest BCUT2D eigenvalue weighted by Crippen LogP contribution is -2.09. The predicted molar refractivity (Wildman–Crippen MR) is 126 cm³/mol. The van der Waals surface area contributed by atoms with Gasteiger partial charge in [-0.25, -0.2) is 14.8 Å². The number of rotatable bonds is 4. The van der Waals surface area contributed by atoms with E-state index in [-0.39, 0.29) is 0 Å². The molecule has 0 spiro atoms. The molecule has 2 aromatic heterocycles. The number of aliphatic hydroxyl groups is 1. The molecule has 0 aromatic carbocycles. The number of nitrogens with zero attached hydrogens (tertiary/aromatic N) is 4. The lowest BCUT2D eigenvalue weighted by atomic mass is 10.2. The van der Waals surface area contributed by atoms with Crippen LogP contribution in [0.15, 0.2) is 17.3 Å². The van der Waals surface area contributed by atoms with Crippen molar-refractivity contribution < 1.29 is 14.6 Å². The van der Waals surface area contributed by atoms with Crippen molar-refractivity contribution >= 4 is 34.7 Å². The van der Waals surface area contributed by atoms with Gasteiger partial charge in [0.2, 0.25) is 0 Å². The highest BCUT2D eigenvalue weighted by Crippen LogP contribution is 2.36. The van der Waals surface area contributed by atoms with Gasteiger partial charge in [-0.2, -0.15) is 0 Å². The zero-order valence-electron chi connectivity index (χ0n) is 20.3. The maximum Gasteiger partial charge on any atom is 0.356 e. The molecule has 0 unspecified atom stereocenters. The second kappa shape index (κ2) is 18.7. The fourth-order valence-electron chi connectivity index (χ4n) is 2.01. The summed E-state index contributed by atoms with van der Waals surface area (Å²) in [7, 11) is 9.92. The monoisotopic (exact) mass is 411 g/mol. The number of H-pyrrole nitrogens is 1. The van der Waals surface area contributed by atoms with Gasteiger partial charge in [-0.15, -0.1) is 0 Å². The van der Waals surface area contributed by atoms with E-state index in [1.165, 1.54) is 7.11 Å². The summed E-state index contributed by atoms with van der Waals surface area (Å²) in [6.07, 6.45) is 3.33. The number of aromatic nitrogens is 2. The molecule has 0 aliphatic rings. The SMILES string of the molecule is CC.CC.CC.CO.COC(=O)c1[nH]c2nccc(N(C)C)c2c1N=CN(C)C. The molecule has 0 bridgehead atoms. The van der Waals surface area contributed by atoms with Crippen LogP contribution in [0.1, 0.15) is 52.0 Å². The first kappa shape index (κ1) is 31.1. The lowest BCUT2D eigenvalue weighted by molar-refractivity contribution is 0.0596. The largest absolute Gasteiger partial charge is 0.464 e. The molecule has 8 nitrogen and oxygen atoms in total. The molecule has 0 radical (unpaired) electrons. The summed E-state index contributed by atoms with van der Waals surface area (Å²) in [5.74, 6) is -0.469. The van der Waals surface area contributed by atoms with Gasteiger partial charge in [-0.3, -0.25) is 0 Å². The predicted octanol–water partition coefficient (Wildman–Crippen LogP) is 4.32. The Balaban J connectivity index is -0.000000754. The van der Waals surface area contributed by atoms with Gasteiger partial charge in [-0.1, -0.05) is 41.5 Å². The fourth-order valence-corrected chi connectivity index (χ4v) is 2.01. The molecular formula is C21H41N5O3. The molecule has 0 aliphatic carbocycles. The molecular weight excluding hydrogens is 370 g/mol. The van der Waals surface area contributed by atoms with E-state index in [2.05, 4.69) is 15.0 Å². The van der Waals surface area contributed by atoms with Crippen LogP contribution in [0.25, 0.3) is 11.0 Å². The molecule has 2 rings (SSSR count). The average molecular weight is 412 g/mol. The van der Waals surface area contributed by atoms with E-state index in [9.17, 15) is 4.79 Å². The third-order valence-electron chi connectivity index (χ3n) is 2.94. The summed E-state index contributed by atoms with van der Waals surface area (Å²) in [4.78, 5) is 27.4. The fraction of sp³-hybridized carbons (Fsp3) is 0.571. The smallest absolute Gasteiger partial charge is 0.356 e. The molecule has 29 heavy (non-hydrogen) atoms. The summed E-state index contributed by atoms with van der Waals surface area (Å²) < 4.78 is 4.81. The quantitative estimate of drug-likeness (QED) is 0.442. The van der Waals surface area contributed by atoms with Crippen LogP contribution < -0.4 is 4.90 Å². The van der Waals surface area contributed by atoms with E-state index in [0.29, 0.717) is 17.0 Å². The van der Waals surface area contributed by atoms with Gasteiger partial charge in [0.15, 0.2) is 5.69 Å². The van der Waals surface area contributed by atoms with Gasteiger partial charge < -0.3 is 24.6 Å². The number of hydrogen-bond acceptors (Lipinski definition) is 6. The standard InChI is InChI=1S/C14H19N5O2.3C2H6.CH4O/c1-18(2)8-16-11-10-9(19(3)4)6-7-15-13(10)17-12(11)14(20)21-5;4*1-2/h6-8H,1-5H3,(H,15,17);3*1-2H3;2H,1H3. The summed E-state index contributed by atoms with van der Waals surface area (Å²) in [5.41, 5.74) is 2.36. The topological polar surface area (TPSA) is 94.0 Å². The molecule has 168 valence electrons. The zero-order chi connectivity index (χ0) is 23.6. The molecule has 0 fully saturated rings. The van der Waals surface area contributed by atoms with Crippen LogP contribution >= 0.6 is 0 Å². The highest BCUT2D eigenvalue weighted by molar-refractivity contribution is 6.09. The maximum absolute atomic E-state index is 11.9. The van der Waals surface area contributed by atoms with Crippen molar-refractivity contribution in [3.05, 3.63) is 18.0 Å². The van der Waals surface area contributed by atoms with Crippen LogP contribution in [-0.2, 0) is 4.74 Å². The van der Waals surface area contributed by atoms with Crippen LogP contribution in [0.2, 0.25) is 0 Å². The number of pyridine rings is 1. The Hall–Kier alpha value is -2.61. The number of carbonyl (C=O) groups excluding carboxylic acids is 1. The Bertz CT molecular complexity index is 695. The highest BCUT2D eigenvalue weighted by atomic mass is 16.5. The first-order chi connectivity index (χ1) is 14.0. The van der Waals surface area contributed by atoms with Gasteiger partial charge in [0.1, 0.15) is 11.3 Å². The number of carbonyl (C=O) groups is 1. The summed E-state index contributed by atoms with van der Waals surface area (Å²) in [6, 6.07) is 1.88. The third-order valence-corrected chi connectivity index (χ3v) is 2.94. The molecule has 0 saturated carbocycles. The Morgan fingerprint density at radius 2 is 1.62 bits per heavy atom. The number of ether oxygens (including phenoxy) is 1. The first-order valence-corrected chi connectivity index (χ1v) is 9.87. The third kappa shape index (κ3) is 9.43. The van der Waals surface area contributed by atoms with Crippen molar-refractivity contribution in [2.24, 2.45) is 4.99 Å². The highest BCUT2D eigenvalue weighted by Gasteiger charge is 2.21. The van der Waals surface area contributed by atoms with Gasteiger partial charge >= 0.3 is 5.97 Å². The Morgan fingerprint density at radius 3 is 2.03 bits per heavy atom. The molecule has 0 amide bonds. The van der Waals surface area contributed by atoms with Crippen molar-refractivity contribution in [3.63, 3.8) is 0 Å². The molecule has 2 heterocycles. The number of methoxy groups -OCH3 is 1. The second-order valence-corrected chi connectivity index (χ2v) is 5.00. The number of fused-ring (bicyclic) bond motifs is 1. The van der Waals surface area contributed by atoms with E-state index in [1.807, 2.05) is 80.7 Å². The van der Waals surface area contributed by atoms with Gasteiger partial charge in [0, 0.05) is 41.5 Å². The summed E-state index contributed by atoms with van der Waals surface area (Å²) >= 11 is 0. The first-order valence-electron chi connectivity index (χ1n) is 9.87.